The largest absolute Gasteiger partial charge is 0.396 e. The number of nitrogens with one attached hydrogen (secondary N) is 1. The predicted molar refractivity (Wildman–Crippen MR) is 85.6 cm³/mol. The van der Waals surface area contributed by atoms with Crippen molar-refractivity contribution in [2.24, 2.45) is 5.92 Å². The van der Waals surface area contributed by atoms with Crippen molar-refractivity contribution >= 4 is 16.9 Å². The molecular formula is C16H24N4O2. The third-order valence-corrected chi connectivity index (χ3v) is 3.86. The van der Waals surface area contributed by atoms with Crippen molar-refractivity contribution in [2.45, 2.75) is 39.7 Å². The van der Waals surface area contributed by atoms with E-state index in [1.807, 2.05) is 13.0 Å². The number of hydrogen-bond acceptors (Lipinski definition) is 4. The molecule has 0 saturated carbocycles. The minimum absolute atomic E-state index is 0.105. The third kappa shape index (κ3) is 3.82. The van der Waals surface area contributed by atoms with E-state index in [1.54, 1.807) is 16.8 Å². The van der Waals surface area contributed by atoms with E-state index in [2.05, 4.69) is 22.6 Å². The predicted octanol–water partition coefficient (Wildman–Crippen LogP) is 1.98. The van der Waals surface area contributed by atoms with Crippen LogP contribution >= 0.6 is 0 Å². The van der Waals surface area contributed by atoms with E-state index in [0.29, 0.717) is 18.0 Å². The number of benzene rings is 1. The van der Waals surface area contributed by atoms with E-state index in [9.17, 15) is 4.79 Å². The zero-order valence-electron chi connectivity index (χ0n) is 13.2. The molecule has 2 N–H and O–H groups in total. The number of carbonyl (C=O) groups is 1. The monoisotopic (exact) mass is 304 g/mol. The summed E-state index contributed by atoms with van der Waals surface area (Å²) in [5.74, 6) is 0.218. The van der Waals surface area contributed by atoms with Crippen LogP contribution in [0.25, 0.3) is 11.0 Å². The Kier molecular flexibility index (Phi) is 5.89. The molecule has 0 bridgehead atoms. The maximum atomic E-state index is 12.2. The van der Waals surface area contributed by atoms with Crippen LogP contribution in [0.2, 0.25) is 0 Å². The van der Waals surface area contributed by atoms with Gasteiger partial charge in [0.05, 0.1) is 5.52 Å². The molecule has 1 unspecified atom stereocenters. The van der Waals surface area contributed by atoms with Crippen LogP contribution in [0.15, 0.2) is 18.2 Å². The van der Waals surface area contributed by atoms with Gasteiger partial charge in [-0.3, -0.25) is 4.79 Å². The van der Waals surface area contributed by atoms with Crippen LogP contribution < -0.4 is 5.32 Å². The maximum Gasteiger partial charge on any atom is 0.251 e. The van der Waals surface area contributed by atoms with Crippen molar-refractivity contribution in [3.8, 4) is 0 Å². The molecule has 0 spiro atoms. The van der Waals surface area contributed by atoms with Crippen LogP contribution in [0.1, 0.15) is 43.5 Å². The van der Waals surface area contributed by atoms with E-state index < -0.39 is 0 Å². The molecular weight excluding hydrogens is 280 g/mol. The summed E-state index contributed by atoms with van der Waals surface area (Å²) in [7, 11) is 0. The summed E-state index contributed by atoms with van der Waals surface area (Å²) in [6.07, 6.45) is 2.77. The van der Waals surface area contributed by atoms with Crippen LogP contribution in [0.4, 0.5) is 0 Å². The Labute approximate surface area is 130 Å². The fraction of sp³-hybridized carbons (Fsp3) is 0.562. The molecule has 2 aromatic rings. The first-order valence-electron chi connectivity index (χ1n) is 7.91. The fourth-order valence-corrected chi connectivity index (χ4v) is 2.63. The Morgan fingerprint density at radius 1 is 1.36 bits per heavy atom. The first-order chi connectivity index (χ1) is 10.7. The molecule has 0 fully saturated rings. The third-order valence-electron chi connectivity index (χ3n) is 3.86. The fourth-order valence-electron chi connectivity index (χ4n) is 2.63. The van der Waals surface area contributed by atoms with Gasteiger partial charge in [0, 0.05) is 25.3 Å². The lowest BCUT2D eigenvalue weighted by atomic mass is 10.00. The van der Waals surface area contributed by atoms with Crippen molar-refractivity contribution < 1.29 is 9.90 Å². The van der Waals surface area contributed by atoms with Crippen LogP contribution in [0, 0.1) is 5.92 Å². The summed E-state index contributed by atoms with van der Waals surface area (Å²) in [5, 5.41) is 20.1. The molecule has 6 heteroatoms. The van der Waals surface area contributed by atoms with E-state index in [4.69, 9.17) is 5.11 Å². The van der Waals surface area contributed by atoms with Gasteiger partial charge in [0.1, 0.15) is 5.52 Å². The average molecular weight is 304 g/mol. The minimum Gasteiger partial charge on any atom is -0.396 e. The minimum atomic E-state index is -0.105. The number of amides is 1. The van der Waals surface area contributed by atoms with Gasteiger partial charge >= 0.3 is 0 Å². The lowest BCUT2D eigenvalue weighted by molar-refractivity contribution is 0.0943. The van der Waals surface area contributed by atoms with Crippen LogP contribution in [-0.4, -0.2) is 39.2 Å². The number of nitrogens with zero attached hydrogens (tertiary/aromatic N) is 3. The first kappa shape index (κ1) is 16.4. The quantitative estimate of drug-likeness (QED) is 0.781. The molecule has 120 valence electrons. The highest BCUT2D eigenvalue weighted by molar-refractivity contribution is 5.97. The summed E-state index contributed by atoms with van der Waals surface area (Å²) >= 11 is 0. The van der Waals surface area contributed by atoms with Gasteiger partial charge in [0.25, 0.3) is 5.91 Å². The van der Waals surface area contributed by atoms with Crippen molar-refractivity contribution in [3.05, 3.63) is 23.8 Å². The molecule has 1 heterocycles. The van der Waals surface area contributed by atoms with Crippen molar-refractivity contribution in [1.82, 2.24) is 20.3 Å². The highest BCUT2D eigenvalue weighted by atomic mass is 16.3. The first-order valence-corrected chi connectivity index (χ1v) is 7.91. The van der Waals surface area contributed by atoms with Gasteiger partial charge in [-0.15, -0.1) is 5.10 Å². The van der Waals surface area contributed by atoms with Crippen LogP contribution in [-0.2, 0) is 6.54 Å². The standard InChI is InChI=1S/C16H24N4O2/c1-3-5-12(8-9-21)11-17-16(22)13-6-7-15-14(10-13)18-19-20(15)4-2/h6-7,10,12,21H,3-5,8-9,11H2,1-2H3,(H,17,22). The molecule has 0 aliphatic rings. The van der Waals surface area contributed by atoms with Gasteiger partial charge < -0.3 is 10.4 Å². The molecule has 1 amide bonds. The molecule has 1 aromatic heterocycles. The number of hydrogen-bond donors (Lipinski definition) is 2. The SMILES string of the molecule is CCCC(CCO)CNC(=O)c1ccc2c(c1)nnn2CC. The lowest BCUT2D eigenvalue weighted by Gasteiger charge is -2.15. The Bertz CT molecular complexity index is 618. The van der Waals surface area contributed by atoms with Gasteiger partial charge in [-0.05, 0) is 43.9 Å². The number of aliphatic hydroxyl groups is 1. The Morgan fingerprint density at radius 2 is 2.18 bits per heavy atom. The van der Waals surface area contributed by atoms with E-state index >= 15 is 0 Å². The number of fused-ring (bicyclic) bond motifs is 1. The lowest BCUT2D eigenvalue weighted by Crippen LogP contribution is -2.29. The van der Waals surface area contributed by atoms with Gasteiger partial charge in [-0.25, -0.2) is 4.68 Å². The van der Waals surface area contributed by atoms with Gasteiger partial charge in [0.15, 0.2) is 0 Å². The van der Waals surface area contributed by atoms with Crippen LogP contribution in [0.5, 0.6) is 0 Å². The Morgan fingerprint density at radius 3 is 2.86 bits per heavy atom. The number of aryl methyl sites for hydroxylation is 1. The van der Waals surface area contributed by atoms with Crippen molar-refractivity contribution in [1.29, 1.82) is 0 Å². The summed E-state index contributed by atoms with van der Waals surface area (Å²) in [5.41, 5.74) is 2.26. The van der Waals surface area contributed by atoms with Gasteiger partial charge in [-0.2, -0.15) is 0 Å². The molecule has 0 aliphatic heterocycles. The highest BCUT2D eigenvalue weighted by Crippen LogP contribution is 2.14. The molecule has 1 atom stereocenters. The van der Waals surface area contributed by atoms with E-state index in [0.717, 1.165) is 36.8 Å². The summed E-state index contributed by atoms with van der Waals surface area (Å²) in [6, 6.07) is 5.45. The Hall–Kier alpha value is -1.95. The Balaban J connectivity index is 2.03. The molecule has 2 rings (SSSR count). The molecule has 0 aliphatic carbocycles. The highest BCUT2D eigenvalue weighted by Gasteiger charge is 2.12. The zero-order valence-corrected chi connectivity index (χ0v) is 13.2. The normalized spacial score (nSPS) is 12.5. The molecule has 22 heavy (non-hydrogen) atoms. The van der Waals surface area contributed by atoms with Gasteiger partial charge in [-0.1, -0.05) is 18.6 Å². The number of aliphatic hydroxyl groups excluding tert-OH is 1. The average Bonchev–Trinajstić information content (AvgIpc) is 2.95. The van der Waals surface area contributed by atoms with Crippen molar-refractivity contribution in [2.75, 3.05) is 13.2 Å². The summed E-state index contributed by atoms with van der Waals surface area (Å²) in [4.78, 5) is 12.2. The topological polar surface area (TPSA) is 80.0 Å². The maximum absolute atomic E-state index is 12.2. The van der Waals surface area contributed by atoms with E-state index in [-0.39, 0.29) is 12.5 Å². The summed E-state index contributed by atoms with van der Waals surface area (Å²) in [6.45, 7) is 5.61. The smallest absolute Gasteiger partial charge is 0.251 e. The second-order valence-electron chi connectivity index (χ2n) is 5.49. The molecule has 0 saturated heterocycles. The number of rotatable bonds is 8. The number of aromatic nitrogens is 3. The summed E-state index contributed by atoms with van der Waals surface area (Å²) < 4.78 is 1.80. The second kappa shape index (κ2) is 7.89. The molecule has 0 radical (unpaired) electrons. The molecule has 1 aromatic carbocycles. The van der Waals surface area contributed by atoms with Gasteiger partial charge in [0.2, 0.25) is 0 Å². The van der Waals surface area contributed by atoms with Crippen LogP contribution in [0.3, 0.4) is 0 Å². The number of carbonyl (C=O) groups excluding carboxylic acids is 1. The zero-order chi connectivity index (χ0) is 15.9. The van der Waals surface area contributed by atoms with E-state index in [1.165, 1.54) is 0 Å². The second-order valence-corrected chi connectivity index (χ2v) is 5.49. The molecule has 6 nitrogen and oxygen atoms in total. The van der Waals surface area contributed by atoms with Crippen molar-refractivity contribution in [3.63, 3.8) is 0 Å².